The number of ether oxygens (including phenoxy) is 2. The van der Waals surface area contributed by atoms with E-state index in [0.29, 0.717) is 6.54 Å². The molecule has 1 aliphatic rings. The van der Waals surface area contributed by atoms with Crippen LogP contribution in [-0.2, 0) is 13.1 Å². The molecular formula is C22H33N5O2S. The Morgan fingerprint density at radius 2 is 1.87 bits per heavy atom. The molecule has 0 radical (unpaired) electrons. The number of hydrogen-bond acceptors (Lipinski definition) is 6. The number of nitrogens with zero attached hydrogens (tertiary/aromatic N) is 4. The van der Waals surface area contributed by atoms with E-state index in [4.69, 9.17) is 14.5 Å². The van der Waals surface area contributed by atoms with Gasteiger partial charge in [-0.1, -0.05) is 6.07 Å². The minimum Gasteiger partial charge on any atom is -0.493 e. The van der Waals surface area contributed by atoms with Crippen LogP contribution in [0.25, 0.3) is 0 Å². The summed E-state index contributed by atoms with van der Waals surface area (Å²) >= 11 is 1.74. The summed E-state index contributed by atoms with van der Waals surface area (Å²) in [5, 5.41) is 4.56. The normalized spacial score (nSPS) is 15.4. The largest absolute Gasteiger partial charge is 0.493 e. The van der Waals surface area contributed by atoms with Crippen LogP contribution in [0.15, 0.2) is 23.2 Å². The summed E-state index contributed by atoms with van der Waals surface area (Å²) in [5.41, 5.74) is 2.33. The maximum atomic E-state index is 5.44. The van der Waals surface area contributed by atoms with Crippen molar-refractivity contribution in [1.29, 1.82) is 0 Å². The molecular weight excluding hydrogens is 398 g/mol. The third-order valence-electron chi connectivity index (χ3n) is 5.23. The van der Waals surface area contributed by atoms with Gasteiger partial charge in [0.2, 0.25) is 0 Å². The molecule has 1 N–H and O–H groups in total. The van der Waals surface area contributed by atoms with Crippen LogP contribution in [0.2, 0.25) is 0 Å². The predicted octanol–water partition coefficient (Wildman–Crippen LogP) is 3.06. The van der Waals surface area contributed by atoms with Gasteiger partial charge in [0.1, 0.15) is 0 Å². The average Bonchev–Trinajstić information content (AvgIpc) is 3.08. The van der Waals surface area contributed by atoms with E-state index in [1.54, 1.807) is 25.6 Å². The molecule has 0 bridgehead atoms. The first-order valence-corrected chi connectivity index (χ1v) is 11.2. The number of methoxy groups -OCH3 is 2. The summed E-state index contributed by atoms with van der Waals surface area (Å²) in [6, 6.07) is 6.15. The van der Waals surface area contributed by atoms with E-state index in [1.807, 2.05) is 13.0 Å². The van der Waals surface area contributed by atoms with Crippen LogP contribution in [-0.4, -0.2) is 67.7 Å². The zero-order valence-corrected chi connectivity index (χ0v) is 19.5. The summed E-state index contributed by atoms with van der Waals surface area (Å²) in [6.45, 7) is 12.6. The summed E-state index contributed by atoms with van der Waals surface area (Å²) in [6.07, 6.45) is 0. The van der Waals surface area contributed by atoms with E-state index >= 15 is 0 Å². The molecule has 0 atom stereocenters. The van der Waals surface area contributed by atoms with Crippen molar-refractivity contribution in [2.24, 2.45) is 4.99 Å². The van der Waals surface area contributed by atoms with E-state index in [2.05, 4.69) is 46.1 Å². The fraction of sp³-hybridized carbons (Fsp3) is 0.545. The van der Waals surface area contributed by atoms with Gasteiger partial charge in [0.25, 0.3) is 0 Å². The van der Waals surface area contributed by atoms with E-state index in [1.165, 1.54) is 10.4 Å². The van der Waals surface area contributed by atoms with Crippen LogP contribution in [0.5, 0.6) is 11.5 Å². The fourth-order valence-electron chi connectivity index (χ4n) is 3.65. The third-order valence-corrected chi connectivity index (χ3v) is 6.29. The number of guanidine groups is 1. The molecule has 0 unspecified atom stereocenters. The summed E-state index contributed by atoms with van der Waals surface area (Å²) in [4.78, 5) is 15.5. The molecule has 0 saturated carbocycles. The van der Waals surface area contributed by atoms with Gasteiger partial charge < -0.3 is 19.7 Å². The molecule has 3 rings (SSSR count). The Balaban J connectivity index is 1.58. The van der Waals surface area contributed by atoms with Crippen molar-refractivity contribution in [2.75, 3.05) is 46.9 Å². The van der Waals surface area contributed by atoms with Gasteiger partial charge in [-0.05, 0) is 38.5 Å². The van der Waals surface area contributed by atoms with E-state index < -0.39 is 0 Å². The van der Waals surface area contributed by atoms with Gasteiger partial charge in [-0.25, -0.2) is 9.98 Å². The first-order valence-electron chi connectivity index (χ1n) is 10.4. The number of hydrogen-bond donors (Lipinski definition) is 1. The second-order valence-corrected chi connectivity index (χ2v) is 8.65. The molecule has 0 spiro atoms. The smallest absolute Gasteiger partial charge is 0.194 e. The molecule has 7 nitrogen and oxygen atoms in total. The summed E-state index contributed by atoms with van der Waals surface area (Å²) in [5.74, 6) is 2.54. The van der Waals surface area contributed by atoms with Gasteiger partial charge in [-0.15, -0.1) is 11.3 Å². The Kier molecular flexibility index (Phi) is 7.93. The lowest BCUT2D eigenvalue weighted by molar-refractivity contribution is 0.172. The summed E-state index contributed by atoms with van der Waals surface area (Å²) in [7, 11) is 3.34. The molecule has 0 amide bonds. The van der Waals surface area contributed by atoms with E-state index in [-0.39, 0.29) is 0 Å². The van der Waals surface area contributed by atoms with Crippen molar-refractivity contribution in [3.8, 4) is 11.5 Å². The van der Waals surface area contributed by atoms with Crippen molar-refractivity contribution in [3.05, 3.63) is 39.3 Å². The lowest BCUT2D eigenvalue weighted by Gasteiger charge is -2.36. The molecule has 1 aliphatic heterocycles. The average molecular weight is 432 g/mol. The molecule has 164 valence electrons. The highest BCUT2D eigenvalue weighted by Crippen LogP contribution is 2.28. The van der Waals surface area contributed by atoms with Crippen molar-refractivity contribution in [1.82, 2.24) is 20.1 Å². The zero-order chi connectivity index (χ0) is 21.5. The van der Waals surface area contributed by atoms with Crippen LogP contribution < -0.4 is 14.8 Å². The standard InChI is InChI=1S/C22H33N5O2S/c1-6-23-22(24-14-21-16(2)25-17(3)30-21)27-11-9-26(10-12-27)15-18-7-8-19(28-4)20(13-18)29-5/h7-8,13H,6,9-12,14-15H2,1-5H3,(H,23,24). The zero-order valence-electron chi connectivity index (χ0n) is 18.7. The monoisotopic (exact) mass is 431 g/mol. The van der Waals surface area contributed by atoms with Gasteiger partial charge in [-0.2, -0.15) is 0 Å². The van der Waals surface area contributed by atoms with Crippen molar-refractivity contribution >= 4 is 17.3 Å². The second-order valence-electron chi connectivity index (χ2n) is 7.36. The number of benzene rings is 1. The van der Waals surface area contributed by atoms with Gasteiger partial charge >= 0.3 is 0 Å². The lowest BCUT2D eigenvalue weighted by Crippen LogP contribution is -2.52. The molecule has 2 aromatic rings. The van der Waals surface area contributed by atoms with Crippen LogP contribution >= 0.6 is 11.3 Å². The number of nitrogens with one attached hydrogen (secondary N) is 1. The maximum Gasteiger partial charge on any atom is 0.194 e. The highest BCUT2D eigenvalue weighted by molar-refractivity contribution is 7.11. The molecule has 2 heterocycles. The third kappa shape index (κ3) is 5.64. The van der Waals surface area contributed by atoms with E-state index in [9.17, 15) is 0 Å². The molecule has 1 saturated heterocycles. The number of piperazine rings is 1. The number of aromatic nitrogens is 1. The molecule has 1 aromatic carbocycles. The SMILES string of the molecule is CCNC(=NCc1sc(C)nc1C)N1CCN(Cc2ccc(OC)c(OC)c2)CC1. The molecule has 1 aromatic heterocycles. The van der Waals surface area contributed by atoms with Crippen molar-refractivity contribution < 1.29 is 9.47 Å². The lowest BCUT2D eigenvalue weighted by atomic mass is 10.1. The van der Waals surface area contributed by atoms with Gasteiger partial charge in [-0.3, -0.25) is 4.90 Å². The molecule has 30 heavy (non-hydrogen) atoms. The number of rotatable bonds is 7. The van der Waals surface area contributed by atoms with Gasteiger partial charge in [0, 0.05) is 44.1 Å². The van der Waals surface area contributed by atoms with Gasteiger partial charge in [0.05, 0.1) is 31.5 Å². The quantitative estimate of drug-likeness (QED) is 0.537. The first kappa shape index (κ1) is 22.4. The number of thiazole rings is 1. The number of aliphatic imine (C=N–C) groups is 1. The fourth-order valence-corrected chi connectivity index (χ4v) is 4.51. The minimum absolute atomic E-state index is 0.686. The topological polar surface area (TPSA) is 62.2 Å². The Morgan fingerprint density at radius 3 is 2.47 bits per heavy atom. The Hall–Kier alpha value is -2.32. The Labute approximate surface area is 183 Å². The first-order chi connectivity index (χ1) is 14.5. The Morgan fingerprint density at radius 1 is 1.13 bits per heavy atom. The summed E-state index contributed by atoms with van der Waals surface area (Å²) < 4.78 is 10.8. The van der Waals surface area contributed by atoms with Crippen molar-refractivity contribution in [3.63, 3.8) is 0 Å². The van der Waals surface area contributed by atoms with Crippen LogP contribution in [0, 0.1) is 13.8 Å². The van der Waals surface area contributed by atoms with Crippen LogP contribution in [0.4, 0.5) is 0 Å². The van der Waals surface area contributed by atoms with Gasteiger partial charge in [0.15, 0.2) is 17.5 Å². The van der Waals surface area contributed by atoms with E-state index in [0.717, 1.165) is 67.4 Å². The minimum atomic E-state index is 0.686. The second kappa shape index (κ2) is 10.6. The predicted molar refractivity (Wildman–Crippen MR) is 123 cm³/mol. The highest BCUT2D eigenvalue weighted by atomic mass is 32.1. The van der Waals surface area contributed by atoms with Crippen LogP contribution in [0.1, 0.15) is 28.1 Å². The van der Waals surface area contributed by atoms with Crippen molar-refractivity contribution in [2.45, 2.75) is 33.9 Å². The molecule has 0 aliphatic carbocycles. The maximum absolute atomic E-state index is 5.44. The molecule has 8 heteroatoms. The molecule has 1 fully saturated rings. The number of aryl methyl sites for hydroxylation is 2. The Bertz CT molecular complexity index is 859. The highest BCUT2D eigenvalue weighted by Gasteiger charge is 2.20. The van der Waals surface area contributed by atoms with Crippen LogP contribution in [0.3, 0.4) is 0 Å².